The third kappa shape index (κ3) is 3.88. The molecule has 0 aliphatic heterocycles. The van der Waals surface area contributed by atoms with Crippen molar-refractivity contribution in [3.05, 3.63) is 17.0 Å². The SMILES string of the molecule is CCn1nc(C)c(C(C)N[C@@H](C)C2CCCCCC2)c1C. The second-order valence-electron chi connectivity index (χ2n) is 6.83. The van der Waals surface area contributed by atoms with Crippen molar-refractivity contribution in [2.75, 3.05) is 0 Å². The molecule has 0 radical (unpaired) electrons. The lowest BCUT2D eigenvalue weighted by molar-refractivity contribution is 0.316. The monoisotopic (exact) mass is 291 g/mol. The van der Waals surface area contributed by atoms with E-state index in [1.54, 1.807) is 0 Å². The van der Waals surface area contributed by atoms with E-state index in [2.05, 4.69) is 49.7 Å². The molecule has 1 fully saturated rings. The lowest BCUT2D eigenvalue weighted by Crippen LogP contribution is -2.35. The van der Waals surface area contributed by atoms with E-state index in [1.807, 2.05) is 0 Å². The predicted octanol–water partition coefficient (Wildman–Crippen LogP) is 4.53. The average Bonchev–Trinajstić information content (AvgIpc) is 2.65. The van der Waals surface area contributed by atoms with Crippen molar-refractivity contribution in [1.82, 2.24) is 15.1 Å². The topological polar surface area (TPSA) is 29.9 Å². The summed E-state index contributed by atoms with van der Waals surface area (Å²) in [7, 11) is 0. The summed E-state index contributed by atoms with van der Waals surface area (Å²) in [6.45, 7) is 12.1. The second kappa shape index (κ2) is 7.44. The van der Waals surface area contributed by atoms with Gasteiger partial charge in [-0.25, -0.2) is 0 Å². The summed E-state index contributed by atoms with van der Waals surface area (Å²) >= 11 is 0. The Morgan fingerprint density at radius 1 is 1.14 bits per heavy atom. The zero-order valence-electron chi connectivity index (χ0n) is 14.6. The van der Waals surface area contributed by atoms with Gasteiger partial charge >= 0.3 is 0 Å². The first-order valence-corrected chi connectivity index (χ1v) is 8.84. The number of rotatable bonds is 5. The van der Waals surface area contributed by atoms with E-state index in [0.29, 0.717) is 12.1 Å². The normalized spacial score (nSPS) is 20.2. The fourth-order valence-electron chi connectivity index (χ4n) is 4.07. The highest BCUT2D eigenvalue weighted by atomic mass is 15.3. The molecule has 1 N–H and O–H groups in total. The molecule has 0 aromatic carbocycles. The van der Waals surface area contributed by atoms with Gasteiger partial charge in [-0.2, -0.15) is 5.10 Å². The number of nitrogens with zero attached hydrogens (tertiary/aromatic N) is 2. The molecule has 1 aromatic heterocycles. The molecular formula is C18H33N3. The quantitative estimate of drug-likeness (QED) is 0.808. The Balaban J connectivity index is 2.03. The highest BCUT2D eigenvalue weighted by Crippen LogP contribution is 2.28. The smallest absolute Gasteiger partial charge is 0.0644 e. The summed E-state index contributed by atoms with van der Waals surface area (Å²) in [6.07, 6.45) is 8.48. The van der Waals surface area contributed by atoms with Gasteiger partial charge in [0, 0.05) is 29.9 Å². The summed E-state index contributed by atoms with van der Waals surface area (Å²) in [5.74, 6) is 0.844. The van der Waals surface area contributed by atoms with Crippen molar-refractivity contribution >= 4 is 0 Å². The fourth-order valence-corrected chi connectivity index (χ4v) is 4.07. The number of hydrogen-bond acceptors (Lipinski definition) is 2. The first-order chi connectivity index (χ1) is 10.0. The van der Waals surface area contributed by atoms with Crippen LogP contribution in [0.15, 0.2) is 0 Å². The standard InChI is InChI=1S/C18H33N3/c1-6-21-16(5)18(15(4)20-21)14(3)19-13(2)17-11-9-7-8-10-12-17/h13-14,17,19H,6-12H2,1-5H3/t13-,14?/m0/s1. The number of aromatic nitrogens is 2. The molecule has 120 valence electrons. The molecule has 0 saturated heterocycles. The third-order valence-corrected chi connectivity index (χ3v) is 5.29. The Morgan fingerprint density at radius 2 is 1.76 bits per heavy atom. The summed E-state index contributed by atoms with van der Waals surface area (Å²) < 4.78 is 2.12. The van der Waals surface area contributed by atoms with Crippen LogP contribution in [0, 0.1) is 19.8 Å². The Bertz CT molecular complexity index is 442. The van der Waals surface area contributed by atoms with Gasteiger partial charge in [-0.15, -0.1) is 0 Å². The minimum Gasteiger partial charge on any atom is -0.307 e. The predicted molar refractivity (Wildman–Crippen MR) is 89.6 cm³/mol. The molecule has 0 bridgehead atoms. The van der Waals surface area contributed by atoms with Crippen LogP contribution in [0.4, 0.5) is 0 Å². The van der Waals surface area contributed by atoms with E-state index < -0.39 is 0 Å². The Morgan fingerprint density at radius 3 is 2.29 bits per heavy atom. The molecule has 1 aromatic rings. The maximum absolute atomic E-state index is 4.66. The maximum Gasteiger partial charge on any atom is 0.0644 e. The van der Waals surface area contributed by atoms with Crippen LogP contribution in [0.2, 0.25) is 0 Å². The summed E-state index contributed by atoms with van der Waals surface area (Å²) in [4.78, 5) is 0. The summed E-state index contributed by atoms with van der Waals surface area (Å²) in [5, 5.41) is 8.52. The molecule has 2 atom stereocenters. The zero-order chi connectivity index (χ0) is 15.4. The van der Waals surface area contributed by atoms with Gasteiger partial charge in [0.2, 0.25) is 0 Å². The highest BCUT2D eigenvalue weighted by Gasteiger charge is 2.23. The van der Waals surface area contributed by atoms with Crippen LogP contribution in [-0.2, 0) is 6.54 Å². The van der Waals surface area contributed by atoms with Crippen LogP contribution < -0.4 is 5.32 Å². The first-order valence-electron chi connectivity index (χ1n) is 8.84. The molecule has 1 saturated carbocycles. The zero-order valence-corrected chi connectivity index (χ0v) is 14.6. The number of hydrogen-bond donors (Lipinski definition) is 1. The summed E-state index contributed by atoms with van der Waals surface area (Å²) in [5.41, 5.74) is 3.91. The Labute approximate surface area is 130 Å². The van der Waals surface area contributed by atoms with Crippen molar-refractivity contribution in [1.29, 1.82) is 0 Å². The lowest BCUT2D eigenvalue weighted by Gasteiger charge is -2.27. The molecule has 1 heterocycles. The van der Waals surface area contributed by atoms with E-state index in [1.165, 1.54) is 55.5 Å². The van der Waals surface area contributed by atoms with Gasteiger partial charge in [-0.1, -0.05) is 25.7 Å². The maximum atomic E-state index is 4.66. The van der Waals surface area contributed by atoms with Crippen molar-refractivity contribution < 1.29 is 0 Å². The Kier molecular flexibility index (Phi) is 5.86. The summed E-state index contributed by atoms with van der Waals surface area (Å²) in [6, 6.07) is 0.991. The largest absolute Gasteiger partial charge is 0.307 e. The Hall–Kier alpha value is -0.830. The fraction of sp³-hybridized carbons (Fsp3) is 0.833. The third-order valence-electron chi connectivity index (χ3n) is 5.29. The lowest BCUT2D eigenvalue weighted by atomic mass is 9.92. The molecule has 0 amide bonds. The van der Waals surface area contributed by atoms with Gasteiger partial charge in [-0.3, -0.25) is 4.68 Å². The van der Waals surface area contributed by atoms with E-state index >= 15 is 0 Å². The van der Waals surface area contributed by atoms with Gasteiger partial charge in [0.1, 0.15) is 0 Å². The van der Waals surface area contributed by atoms with Crippen LogP contribution in [-0.4, -0.2) is 15.8 Å². The van der Waals surface area contributed by atoms with Crippen molar-refractivity contribution in [2.24, 2.45) is 5.92 Å². The minimum absolute atomic E-state index is 0.392. The molecule has 1 aliphatic rings. The second-order valence-corrected chi connectivity index (χ2v) is 6.83. The van der Waals surface area contributed by atoms with Gasteiger partial charge in [0.05, 0.1) is 5.69 Å². The molecule has 3 heteroatoms. The van der Waals surface area contributed by atoms with Crippen molar-refractivity contribution in [3.8, 4) is 0 Å². The molecule has 1 aliphatic carbocycles. The van der Waals surface area contributed by atoms with Gasteiger partial charge in [-0.05, 0) is 53.4 Å². The van der Waals surface area contributed by atoms with Crippen molar-refractivity contribution in [2.45, 2.75) is 91.8 Å². The van der Waals surface area contributed by atoms with E-state index in [-0.39, 0.29) is 0 Å². The average molecular weight is 291 g/mol. The molecular weight excluding hydrogens is 258 g/mol. The molecule has 21 heavy (non-hydrogen) atoms. The van der Waals surface area contributed by atoms with E-state index in [0.717, 1.165) is 12.5 Å². The van der Waals surface area contributed by atoms with Crippen LogP contribution in [0.5, 0.6) is 0 Å². The van der Waals surface area contributed by atoms with Crippen LogP contribution in [0.3, 0.4) is 0 Å². The van der Waals surface area contributed by atoms with Gasteiger partial charge in [0.15, 0.2) is 0 Å². The molecule has 3 nitrogen and oxygen atoms in total. The number of nitrogens with one attached hydrogen (secondary N) is 1. The highest BCUT2D eigenvalue weighted by molar-refractivity contribution is 5.27. The van der Waals surface area contributed by atoms with E-state index in [9.17, 15) is 0 Å². The first kappa shape index (κ1) is 16.5. The van der Waals surface area contributed by atoms with Crippen molar-refractivity contribution in [3.63, 3.8) is 0 Å². The van der Waals surface area contributed by atoms with Gasteiger partial charge < -0.3 is 5.32 Å². The minimum atomic E-state index is 0.392. The molecule has 0 spiro atoms. The molecule has 1 unspecified atom stereocenters. The van der Waals surface area contributed by atoms with Gasteiger partial charge in [0.25, 0.3) is 0 Å². The van der Waals surface area contributed by atoms with Crippen LogP contribution in [0.25, 0.3) is 0 Å². The van der Waals surface area contributed by atoms with Crippen LogP contribution in [0.1, 0.15) is 82.3 Å². The van der Waals surface area contributed by atoms with Crippen LogP contribution >= 0.6 is 0 Å². The number of aryl methyl sites for hydroxylation is 2. The van der Waals surface area contributed by atoms with E-state index in [4.69, 9.17) is 0 Å². The molecule has 2 rings (SSSR count).